The number of hydrogen-bond donors (Lipinski definition) is 2. The van der Waals surface area contributed by atoms with Crippen LogP contribution in [-0.4, -0.2) is 37.2 Å². The smallest absolute Gasteiger partial charge is 0.230 e. The first-order valence-electron chi connectivity index (χ1n) is 8.32. The van der Waals surface area contributed by atoms with Crippen LogP contribution in [0.15, 0.2) is 18.2 Å². The van der Waals surface area contributed by atoms with E-state index in [-0.39, 0.29) is 18.4 Å². The zero-order valence-corrected chi connectivity index (χ0v) is 14.9. The quantitative estimate of drug-likeness (QED) is 0.594. The number of carbonyl (C=O) groups excluding carboxylic acids is 2. The number of hydrogen-bond acceptors (Lipinski definition) is 4. The van der Waals surface area contributed by atoms with Gasteiger partial charge in [-0.1, -0.05) is 6.07 Å². The van der Waals surface area contributed by atoms with Gasteiger partial charge in [-0.05, 0) is 51.0 Å². The van der Waals surface area contributed by atoms with Crippen molar-refractivity contribution in [2.75, 3.05) is 18.5 Å². The van der Waals surface area contributed by atoms with E-state index in [1.165, 1.54) is 0 Å². The van der Waals surface area contributed by atoms with Gasteiger partial charge in [-0.25, -0.2) is 0 Å². The van der Waals surface area contributed by atoms with Crippen molar-refractivity contribution in [3.05, 3.63) is 29.3 Å². The largest absolute Gasteiger partial charge is 0.544 e. The van der Waals surface area contributed by atoms with Crippen LogP contribution in [0.4, 0.5) is 5.69 Å². The van der Waals surface area contributed by atoms with Crippen LogP contribution in [0.1, 0.15) is 37.8 Å². The van der Waals surface area contributed by atoms with E-state index in [4.69, 9.17) is 4.74 Å². The van der Waals surface area contributed by atoms with Crippen LogP contribution in [0.25, 0.3) is 0 Å². The number of rotatable bonds is 10. The zero-order chi connectivity index (χ0) is 18.1. The number of carboxylic acids is 1. The van der Waals surface area contributed by atoms with E-state index in [9.17, 15) is 14.7 Å². The lowest BCUT2D eigenvalue weighted by Gasteiger charge is -2.17. The van der Waals surface area contributed by atoms with Crippen LogP contribution in [0.2, 0.25) is 0 Å². The van der Waals surface area contributed by atoms with Gasteiger partial charge in [-0.3, -0.25) is 4.79 Å². The Morgan fingerprint density at radius 1 is 1.21 bits per heavy atom. The molecule has 1 aromatic carbocycles. The minimum absolute atomic E-state index is 0.125. The number of benzene rings is 1. The summed E-state index contributed by atoms with van der Waals surface area (Å²) < 4.78 is 5.40. The van der Waals surface area contributed by atoms with Crippen LogP contribution in [0.5, 0.6) is 0 Å². The molecular weight excluding hydrogens is 308 g/mol. The van der Waals surface area contributed by atoms with E-state index in [1.807, 2.05) is 45.9 Å². The number of carboxylic acid groups (broad SMARTS) is 1. The number of amides is 1. The van der Waals surface area contributed by atoms with E-state index in [1.54, 1.807) is 5.32 Å². The minimum atomic E-state index is -1.23. The van der Waals surface area contributed by atoms with Crippen LogP contribution >= 0.6 is 0 Å². The molecule has 3 N–H and O–H groups in total. The van der Waals surface area contributed by atoms with Gasteiger partial charge < -0.3 is 25.3 Å². The van der Waals surface area contributed by atoms with Crippen molar-refractivity contribution in [2.24, 2.45) is 0 Å². The molecule has 0 aliphatic rings. The number of quaternary nitrogens is 1. The highest BCUT2D eigenvalue weighted by atomic mass is 16.5. The highest BCUT2D eigenvalue weighted by Gasteiger charge is 2.18. The van der Waals surface area contributed by atoms with E-state index >= 15 is 0 Å². The van der Waals surface area contributed by atoms with E-state index in [0.717, 1.165) is 17.5 Å². The number of nitrogens with two attached hydrogens (primary N) is 1. The summed E-state index contributed by atoms with van der Waals surface area (Å²) in [5.41, 5.74) is 2.76. The van der Waals surface area contributed by atoms with Gasteiger partial charge in [-0.2, -0.15) is 0 Å². The fourth-order valence-corrected chi connectivity index (χ4v) is 2.44. The second-order valence-corrected chi connectivity index (χ2v) is 6.35. The molecule has 0 bridgehead atoms. The molecule has 0 unspecified atom stereocenters. The summed E-state index contributed by atoms with van der Waals surface area (Å²) in [6.07, 6.45) is 0.756. The first-order chi connectivity index (χ1) is 11.3. The lowest BCUT2D eigenvalue weighted by molar-refractivity contribution is -0.682. The molecule has 0 saturated carbocycles. The lowest BCUT2D eigenvalue weighted by atomic mass is 10.1. The van der Waals surface area contributed by atoms with Gasteiger partial charge in [0, 0.05) is 12.1 Å². The number of nitrogens with one attached hydrogen (secondary N) is 1. The summed E-state index contributed by atoms with van der Waals surface area (Å²) in [7, 11) is 0. The Balaban J connectivity index is 2.46. The number of aliphatic carboxylic acids is 1. The molecule has 1 aromatic rings. The molecule has 0 radical (unpaired) electrons. The van der Waals surface area contributed by atoms with Crippen molar-refractivity contribution < 1.29 is 24.7 Å². The molecule has 0 aliphatic carbocycles. The van der Waals surface area contributed by atoms with Crippen LogP contribution in [0, 0.1) is 13.8 Å². The molecule has 0 aromatic heterocycles. The summed E-state index contributed by atoms with van der Waals surface area (Å²) in [5, 5.41) is 15.6. The molecule has 1 rings (SSSR count). The predicted molar refractivity (Wildman–Crippen MR) is 90.5 cm³/mol. The highest BCUT2D eigenvalue weighted by molar-refractivity contribution is 5.93. The second-order valence-electron chi connectivity index (χ2n) is 6.35. The van der Waals surface area contributed by atoms with Crippen molar-refractivity contribution in [1.82, 2.24) is 0 Å². The second kappa shape index (κ2) is 10.1. The lowest BCUT2D eigenvalue weighted by Crippen LogP contribution is -2.93. The molecule has 0 fully saturated rings. The van der Waals surface area contributed by atoms with Crippen molar-refractivity contribution >= 4 is 17.6 Å². The number of aryl methyl sites for hydroxylation is 2. The van der Waals surface area contributed by atoms with Gasteiger partial charge in [0.15, 0.2) is 0 Å². The van der Waals surface area contributed by atoms with E-state index in [2.05, 4.69) is 5.32 Å². The Morgan fingerprint density at radius 3 is 2.38 bits per heavy atom. The van der Waals surface area contributed by atoms with Crippen molar-refractivity contribution in [3.8, 4) is 0 Å². The van der Waals surface area contributed by atoms with Gasteiger partial charge in [-0.15, -0.1) is 0 Å². The summed E-state index contributed by atoms with van der Waals surface area (Å²) in [4.78, 5) is 23.3. The van der Waals surface area contributed by atoms with Crippen molar-refractivity contribution in [1.29, 1.82) is 0 Å². The third kappa shape index (κ3) is 8.08. The molecule has 134 valence electrons. The topological polar surface area (TPSA) is 95.1 Å². The van der Waals surface area contributed by atoms with Crippen LogP contribution in [0.3, 0.4) is 0 Å². The van der Waals surface area contributed by atoms with Gasteiger partial charge in [0.1, 0.15) is 6.04 Å². The van der Waals surface area contributed by atoms with Crippen molar-refractivity contribution in [3.63, 3.8) is 0 Å². The third-order valence-electron chi connectivity index (χ3n) is 3.46. The maximum atomic E-state index is 12.1. The minimum Gasteiger partial charge on any atom is -0.544 e. The number of anilines is 1. The first kappa shape index (κ1) is 20.1. The monoisotopic (exact) mass is 336 g/mol. The average Bonchev–Trinajstić information content (AvgIpc) is 2.43. The average molecular weight is 336 g/mol. The molecule has 6 nitrogen and oxygen atoms in total. The third-order valence-corrected chi connectivity index (χ3v) is 3.46. The molecule has 0 heterocycles. The standard InChI is InChI=1S/C18H28N2O4/c1-12(2)24-7-5-6-19-16(18(22)23)11-17(21)20-15-9-13(3)8-14(4)10-15/h8-10,12,16,19H,5-7,11H2,1-4H3,(H,20,21)(H,22,23)/t16-/m0/s1. The zero-order valence-electron chi connectivity index (χ0n) is 14.9. The van der Waals surface area contributed by atoms with E-state index in [0.29, 0.717) is 18.8 Å². The molecule has 24 heavy (non-hydrogen) atoms. The first-order valence-corrected chi connectivity index (χ1v) is 8.32. The number of carbonyl (C=O) groups is 2. The Hall–Kier alpha value is -1.92. The fraction of sp³-hybridized carbons (Fsp3) is 0.556. The van der Waals surface area contributed by atoms with Gasteiger partial charge >= 0.3 is 0 Å². The number of ether oxygens (including phenoxy) is 1. The summed E-state index contributed by atoms with van der Waals surface area (Å²) in [6.45, 7) is 8.93. The molecule has 1 atom stereocenters. The highest BCUT2D eigenvalue weighted by Crippen LogP contribution is 2.14. The molecule has 0 spiro atoms. The van der Waals surface area contributed by atoms with Crippen LogP contribution < -0.4 is 15.7 Å². The summed E-state index contributed by atoms with van der Waals surface area (Å²) in [5.74, 6) is -1.56. The normalized spacial score (nSPS) is 12.2. The Labute approximate surface area is 143 Å². The molecule has 0 saturated heterocycles. The van der Waals surface area contributed by atoms with Gasteiger partial charge in [0.2, 0.25) is 5.91 Å². The van der Waals surface area contributed by atoms with Gasteiger partial charge in [0.25, 0.3) is 0 Å². The SMILES string of the molecule is Cc1cc(C)cc(NC(=O)C[C@H]([NH2+]CCCOC(C)C)C(=O)[O-])c1. The molecular formula is C18H28N2O4. The molecule has 0 aliphatic heterocycles. The summed E-state index contributed by atoms with van der Waals surface area (Å²) in [6, 6.07) is 4.82. The van der Waals surface area contributed by atoms with Gasteiger partial charge in [0.05, 0.1) is 31.6 Å². The summed E-state index contributed by atoms with van der Waals surface area (Å²) >= 11 is 0. The maximum absolute atomic E-state index is 12.1. The fourth-order valence-electron chi connectivity index (χ4n) is 2.44. The Morgan fingerprint density at radius 2 is 1.83 bits per heavy atom. The molecule has 1 amide bonds. The predicted octanol–water partition coefficient (Wildman–Crippen LogP) is 0.129. The van der Waals surface area contributed by atoms with Crippen LogP contribution in [-0.2, 0) is 14.3 Å². The van der Waals surface area contributed by atoms with Crippen molar-refractivity contribution in [2.45, 2.75) is 52.7 Å². The van der Waals surface area contributed by atoms with E-state index < -0.39 is 12.0 Å². The molecule has 6 heteroatoms. The Bertz CT molecular complexity index is 538. The maximum Gasteiger partial charge on any atom is 0.230 e. The Kier molecular flexibility index (Phi) is 8.43.